The molecule has 3 atom stereocenters. The van der Waals surface area contributed by atoms with Crippen LogP contribution >= 0.6 is 0 Å². The Balaban J connectivity index is 2.15. The fraction of sp³-hybridized carbons (Fsp3) is 0.917. The molecule has 0 aromatic carbocycles. The lowest BCUT2D eigenvalue weighted by molar-refractivity contribution is -0.155. The highest BCUT2D eigenvalue weighted by atomic mass is 16.5. The predicted octanol–water partition coefficient (Wildman–Crippen LogP) is 1.70. The lowest BCUT2D eigenvalue weighted by Gasteiger charge is -2.38. The second kappa shape index (κ2) is 3.21. The minimum Gasteiger partial charge on any atom is -0.461 e. The fourth-order valence-electron chi connectivity index (χ4n) is 3.52. The van der Waals surface area contributed by atoms with E-state index in [2.05, 4.69) is 20.8 Å². The van der Waals surface area contributed by atoms with Crippen LogP contribution in [0.25, 0.3) is 0 Å². The van der Waals surface area contributed by atoms with Crippen molar-refractivity contribution in [3.05, 3.63) is 0 Å². The maximum absolute atomic E-state index is 11.3. The van der Waals surface area contributed by atoms with Gasteiger partial charge in [0, 0.05) is 5.41 Å². The first-order valence-electron chi connectivity index (χ1n) is 5.81. The molecule has 3 heteroatoms. The maximum Gasteiger partial charge on any atom is 0.319 e. The van der Waals surface area contributed by atoms with Crippen molar-refractivity contribution in [2.24, 2.45) is 22.5 Å². The summed E-state index contributed by atoms with van der Waals surface area (Å²) >= 11 is 0. The van der Waals surface area contributed by atoms with Gasteiger partial charge in [-0.05, 0) is 30.6 Å². The lowest BCUT2D eigenvalue weighted by atomic mass is 9.70. The maximum atomic E-state index is 11.3. The first-order valence-corrected chi connectivity index (χ1v) is 5.81. The van der Waals surface area contributed by atoms with Gasteiger partial charge in [0.2, 0.25) is 0 Å². The van der Waals surface area contributed by atoms with Crippen LogP contribution in [-0.2, 0) is 9.53 Å². The quantitative estimate of drug-likeness (QED) is 0.707. The average Bonchev–Trinajstić information content (AvgIpc) is 2.50. The molecule has 0 spiro atoms. The summed E-state index contributed by atoms with van der Waals surface area (Å²) in [5.74, 6) is 0.447. The van der Waals surface area contributed by atoms with Crippen LogP contribution in [0.5, 0.6) is 0 Å². The molecule has 2 unspecified atom stereocenters. The van der Waals surface area contributed by atoms with E-state index in [0.29, 0.717) is 11.3 Å². The molecule has 0 heterocycles. The second-order valence-electron chi connectivity index (χ2n) is 5.79. The van der Waals surface area contributed by atoms with E-state index in [9.17, 15) is 4.79 Å². The van der Waals surface area contributed by atoms with Crippen molar-refractivity contribution in [2.45, 2.75) is 46.1 Å². The smallest absolute Gasteiger partial charge is 0.319 e. The molecule has 3 nitrogen and oxygen atoms in total. The molecule has 0 amide bonds. The summed E-state index contributed by atoms with van der Waals surface area (Å²) in [5.41, 5.74) is 5.74. The van der Waals surface area contributed by atoms with Crippen molar-refractivity contribution >= 4 is 5.97 Å². The van der Waals surface area contributed by atoms with Gasteiger partial charge in [0.15, 0.2) is 0 Å². The van der Waals surface area contributed by atoms with Crippen LogP contribution < -0.4 is 5.73 Å². The molecular formula is C12H21NO2. The Bertz CT molecular complexity index is 287. The van der Waals surface area contributed by atoms with E-state index < -0.39 is 0 Å². The molecule has 0 saturated heterocycles. The monoisotopic (exact) mass is 211 g/mol. The van der Waals surface area contributed by atoms with E-state index in [0.717, 1.165) is 6.42 Å². The predicted molar refractivity (Wildman–Crippen MR) is 58.2 cm³/mol. The van der Waals surface area contributed by atoms with Gasteiger partial charge in [0.25, 0.3) is 0 Å². The first-order chi connectivity index (χ1) is 6.91. The third-order valence-electron chi connectivity index (χ3n) is 5.15. The third kappa shape index (κ3) is 1.32. The number of nitrogens with two attached hydrogens (primary N) is 1. The van der Waals surface area contributed by atoms with Crippen LogP contribution in [-0.4, -0.2) is 18.6 Å². The summed E-state index contributed by atoms with van der Waals surface area (Å²) in [5, 5.41) is 0. The van der Waals surface area contributed by atoms with Crippen LogP contribution in [0.1, 0.15) is 40.0 Å². The van der Waals surface area contributed by atoms with Crippen molar-refractivity contribution in [3.8, 4) is 0 Å². The number of carbonyl (C=O) groups excluding carboxylic acids is 1. The van der Waals surface area contributed by atoms with Crippen molar-refractivity contribution in [1.82, 2.24) is 0 Å². The normalized spacial score (nSPS) is 41.9. The standard InChI is InChI=1S/C12H21NO2/c1-11(2)8-4-5-12(11,3)9(6-8)15-10(14)7-13/h8-9H,4-7,13H2,1-3H3/t8?,9?,12-/m1/s1. The highest BCUT2D eigenvalue weighted by molar-refractivity contribution is 5.71. The molecule has 86 valence electrons. The van der Waals surface area contributed by atoms with E-state index in [1.165, 1.54) is 12.8 Å². The van der Waals surface area contributed by atoms with Crippen LogP contribution in [0, 0.1) is 16.7 Å². The largest absolute Gasteiger partial charge is 0.461 e. The summed E-state index contributed by atoms with van der Waals surface area (Å²) in [6.45, 7) is 6.87. The van der Waals surface area contributed by atoms with Gasteiger partial charge in [-0.15, -0.1) is 0 Å². The Morgan fingerprint density at radius 2 is 2.13 bits per heavy atom. The summed E-state index contributed by atoms with van der Waals surface area (Å²) in [7, 11) is 0. The highest BCUT2D eigenvalue weighted by Gasteiger charge is 2.62. The molecule has 2 aliphatic rings. The number of ether oxygens (including phenoxy) is 1. The Hall–Kier alpha value is -0.570. The highest BCUT2D eigenvalue weighted by Crippen LogP contribution is 2.66. The minimum atomic E-state index is -0.260. The number of esters is 1. The SMILES string of the molecule is CC1(C)C2CC[C@]1(C)C(OC(=O)CN)C2. The number of rotatable bonds is 2. The van der Waals surface area contributed by atoms with Crippen LogP contribution in [0.3, 0.4) is 0 Å². The molecule has 2 saturated carbocycles. The van der Waals surface area contributed by atoms with E-state index in [1.807, 2.05) is 0 Å². The summed E-state index contributed by atoms with van der Waals surface area (Å²) in [6, 6.07) is 0. The Labute approximate surface area is 91.4 Å². The number of carbonyl (C=O) groups is 1. The number of hydrogen-bond donors (Lipinski definition) is 1. The van der Waals surface area contributed by atoms with Gasteiger partial charge in [-0.2, -0.15) is 0 Å². The van der Waals surface area contributed by atoms with E-state index >= 15 is 0 Å². The average molecular weight is 211 g/mol. The van der Waals surface area contributed by atoms with Gasteiger partial charge >= 0.3 is 5.97 Å². The van der Waals surface area contributed by atoms with Crippen molar-refractivity contribution in [2.75, 3.05) is 6.54 Å². The zero-order chi connectivity index (χ0) is 11.3. The summed E-state index contributed by atoms with van der Waals surface area (Å²) < 4.78 is 5.47. The zero-order valence-electron chi connectivity index (χ0n) is 9.88. The first kappa shape index (κ1) is 10.9. The minimum absolute atomic E-state index is 0.00231. The molecule has 2 rings (SSSR count). The zero-order valence-corrected chi connectivity index (χ0v) is 9.88. The number of fused-ring (bicyclic) bond motifs is 2. The Kier molecular flexibility index (Phi) is 2.34. The van der Waals surface area contributed by atoms with Gasteiger partial charge in [-0.1, -0.05) is 20.8 Å². The van der Waals surface area contributed by atoms with Crippen LogP contribution in [0.2, 0.25) is 0 Å². The summed E-state index contributed by atoms with van der Waals surface area (Å²) in [6.07, 6.45) is 3.56. The van der Waals surface area contributed by atoms with Crippen LogP contribution in [0.15, 0.2) is 0 Å². The Morgan fingerprint density at radius 1 is 1.47 bits per heavy atom. The van der Waals surface area contributed by atoms with Gasteiger partial charge in [-0.3, -0.25) is 4.79 Å². The van der Waals surface area contributed by atoms with Gasteiger partial charge in [0.1, 0.15) is 6.10 Å². The van der Waals surface area contributed by atoms with Crippen LogP contribution in [0.4, 0.5) is 0 Å². The third-order valence-corrected chi connectivity index (χ3v) is 5.15. The van der Waals surface area contributed by atoms with Gasteiger partial charge < -0.3 is 10.5 Å². The van der Waals surface area contributed by atoms with Crippen molar-refractivity contribution in [3.63, 3.8) is 0 Å². The molecular weight excluding hydrogens is 190 g/mol. The van der Waals surface area contributed by atoms with E-state index in [4.69, 9.17) is 10.5 Å². The lowest BCUT2D eigenvalue weighted by Crippen LogP contribution is -2.39. The fourth-order valence-corrected chi connectivity index (χ4v) is 3.52. The van der Waals surface area contributed by atoms with Gasteiger partial charge in [0.05, 0.1) is 6.54 Å². The molecule has 0 aromatic rings. The molecule has 2 bridgehead atoms. The molecule has 2 fully saturated rings. The van der Waals surface area contributed by atoms with Crippen molar-refractivity contribution in [1.29, 1.82) is 0 Å². The molecule has 0 aliphatic heterocycles. The second-order valence-corrected chi connectivity index (χ2v) is 5.79. The summed E-state index contributed by atoms with van der Waals surface area (Å²) in [4.78, 5) is 11.3. The van der Waals surface area contributed by atoms with E-state index in [-0.39, 0.29) is 24.0 Å². The molecule has 15 heavy (non-hydrogen) atoms. The topological polar surface area (TPSA) is 52.3 Å². The van der Waals surface area contributed by atoms with Crippen molar-refractivity contribution < 1.29 is 9.53 Å². The number of hydrogen-bond acceptors (Lipinski definition) is 3. The Morgan fingerprint density at radius 3 is 2.53 bits per heavy atom. The molecule has 0 aromatic heterocycles. The molecule has 0 radical (unpaired) electrons. The molecule has 2 N–H and O–H groups in total. The molecule has 2 aliphatic carbocycles. The van der Waals surface area contributed by atoms with E-state index in [1.54, 1.807) is 0 Å². The van der Waals surface area contributed by atoms with Gasteiger partial charge in [-0.25, -0.2) is 0 Å².